The number of epoxide rings is 1. The molecular weight excluding hydrogens is 292 g/mol. The molecule has 0 aromatic heterocycles. The number of hydrogen-bond acceptors (Lipinski definition) is 3. The number of ketones is 1. The molecule has 122 valence electrons. The second kappa shape index (κ2) is 4.34. The van der Waals surface area contributed by atoms with Crippen LogP contribution < -0.4 is 0 Å². The molecule has 0 spiro atoms. The monoisotopic (exact) mass is 320 g/mol. The summed E-state index contributed by atoms with van der Waals surface area (Å²) in [5.41, 5.74) is -0.285. The quantitative estimate of drug-likeness (QED) is 0.453. The van der Waals surface area contributed by atoms with Crippen LogP contribution >= 0.6 is 0 Å². The van der Waals surface area contributed by atoms with E-state index in [0.717, 1.165) is 12.8 Å². The maximum atomic E-state index is 13.1. The molecule has 0 unspecified atom stereocenters. The molecule has 0 aromatic rings. The predicted octanol–water partition coefficient (Wildman–Crippen LogP) is 3.56. The molecule has 1 saturated heterocycles. The Morgan fingerprint density at radius 1 is 1.32 bits per heavy atom. The van der Waals surface area contributed by atoms with E-state index in [0.29, 0.717) is 30.1 Å². The minimum Gasteiger partial charge on any atom is -0.416 e. The highest BCUT2D eigenvalue weighted by Gasteiger charge is 2.69. The molecule has 3 nitrogen and oxygen atoms in total. The van der Waals surface area contributed by atoms with Crippen molar-refractivity contribution >= 4 is 14.1 Å². The van der Waals surface area contributed by atoms with Gasteiger partial charge in [-0.15, -0.1) is 0 Å². The third kappa shape index (κ3) is 1.83. The van der Waals surface area contributed by atoms with Crippen molar-refractivity contribution < 1.29 is 14.0 Å². The van der Waals surface area contributed by atoms with E-state index in [1.54, 1.807) is 0 Å². The molecule has 0 N–H and O–H groups in total. The van der Waals surface area contributed by atoms with E-state index in [9.17, 15) is 4.79 Å². The van der Waals surface area contributed by atoms with E-state index in [1.807, 2.05) is 0 Å². The van der Waals surface area contributed by atoms with Gasteiger partial charge in [0.05, 0.1) is 11.5 Å². The van der Waals surface area contributed by atoms with Gasteiger partial charge in [0, 0.05) is 6.61 Å². The Hall–Kier alpha value is -0.453. The summed E-state index contributed by atoms with van der Waals surface area (Å²) < 4.78 is 12.2. The zero-order chi connectivity index (χ0) is 15.9. The lowest BCUT2D eigenvalue weighted by molar-refractivity contribution is -0.138. The van der Waals surface area contributed by atoms with Crippen LogP contribution in [0.1, 0.15) is 33.6 Å². The number of hydrogen-bond donors (Lipinski definition) is 0. The Kier molecular flexibility index (Phi) is 2.98. The molecule has 22 heavy (non-hydrogen) atoms. The Bertz CT molecular complexity index is 547. The lowest BCUT2D eigenvalue weighted by Crippen LogP contribution is -2.54. The van der Waals surface area contributed by atoms with Crippen LogP contribution in [0.5, 0.6) is 0 Å². The molecule has 0 amide bonds. The molecule has 1 heterocycles. The zero-order valence-electron chi connectivity index (χ0n) is 14.4. The maximum Gasteiger partial charge on any atom is 0.192 e. The Labute approximate surface area is 134 Å². The van der Waals surface area contributed by atoms with Crippen LogP contribution in [0.25, 0.3) is 0 Å². The van der Waals surface area contributed by atoms with Gasteiger partial charge in [0.25, 0.3) is 0 Å². The van der Waals surface area contributed by atoms with Crippen molar-refractivity contribution in [2.75, 3.05) is 6.61 Å². The first-order valence-electron chi connectivity index (χ1n) is 8.69. The van der Waals surface area contributed by atoms with E-state index < -0.39 is 8.32 Å². The first-order chi connectivity index (χ1) is 10.2. The SMILES string of the molecule is CC(C)(C)[Si](C)(C)OC[C@@]12C(=O)[C@H]3O[C@H]3C[C@@H]1[C@@H]1C=C[C@H]2C1. The number of rotatable bonds is 3. The lowest BCUT2D eigenvalue weighted by Gasteiger charge is -2.45. The molecule has 4 heteroatoms. The van der Waals surface area contributed by atoms with Gasteiger partial charge in [-0.05, 0) is 48.7 Å². The molecule has 2 bridgehead atoms. The van der Waals surface area contributed by atoms with E-state index in [-0.39, 0.29) is 22.7 Å². The molecule has 0 radical (unpaired) electrons. The number of fused-ring (bicyclic) bond motifs is 6. The summed E-state index contributed by atoms with van der Waals surface area (Å²) >= 11 is 0. The fourth-order valence-electron chi connectivity index (χ4n) is 4.68. The summed E-state index contributed by atoms with van der Waals surface area (Å²) in [7, 11) is -1.84. The van der Waals surface area contributed by atoms with Gasteiger partial charge in [0.1, 0.15) is 6.10 Å². The molecule has 1 aliphatic heterocycles. The molecule has 3 aliphatic carbocycles. The van der Waals surface area contributed by atoms with Gasteiger partial charge in [-0.2, -0.15) is 0 Å². The lowest BCUT2D eigenvalue weighted by atomic mass is 9.61. The Morgan fingerprint density at radius 2 is 2.05 bits per heavy atom. The van der Waals surface area contributed by atoms with Crippen LogP contribution in [0.2, 0.25) is 18.1 Å². The highest BCUT2D eigenvalue weighted by molar-refractivity contribution is 6.74. The third-order valence-corrected chi connectivity index (χ3v) is 11.7. The predicted molar refractivity (Wildman–Crippen MR) is 88.1 cm³/mol. The topological polar surface area (TPSA) is 38.8 Å². The van der Waals surface area contributed by atoms with Crippen LogP contribution in [0.15, 0.2) is 12.2 Å². The van der Waals surface area contributed by atoms with Crippen LogP contribution in [0.3, 0.4) is 0 Å². The average Bonchev–Trinajstić information content (AvgIpc) is 2.93. The van der Waals surface area contributed by atoms with Crippen molar-refractivity contribution in [1.29, 1.82) is 0 Å². The van der Waals surface area contributed by atoms with Crippen LogP contribution in [-0.4, -0.2) is 32.9 Å². The summed E-state index contributed by atoms with van der Waals surface area (Å²) in [6, 6.07) is 0. The number of allylic oxidation sites excluding steroid dienone is 2. The first-order valence-corrected chi connectivity index (χ1v) is 11.6. The highest BCUT2D eigenvalue weighted by atomic mass is 28.4. The van der Waals surface area contributed by atoms with Crippen molar-refractivity contribution in [3.8, 4) is 0 Å². The van der Waals surface area contributed by atoms with Gasteiger partial charge in [0.15, 0.2) is 14.1 Å². The van der Waals surface area contributed by atoms with Crippen molar-refractivity contribution in [2.24, 2.45) is 23.2 Å². The number of carbonyl (C=O) groups is 1. The summed E-state index contributed by atoms with van der Waals surface area (Å²) in [5, 5.41) is 0.183. The number of Topliss-reactive ketones (excluding diaryl/α,β-unsaturated/α-hetero) is 1. The van der Waals surface area contributed by atoms with Crippen molar-refractivity contribution in [3.63, 3.8) is 0 Å². The van der Waals surface area contributed by atoms with Gasteiger partial charge >= 0.3 is 0 Å². The van der Waals surface area contributed by atoms with Crippen molar-refractivity contribution in [2.45, 2.75) is 64.0 Å². The van der Waals surface area contributed by atoms with E-state index in [1.165, 1.54) is 0 Å². The van der Waals surface area contributed by atoms with Crippen LogP contribution in [0.4, 0.5) is 0 Å². The van der Waals surface area contributed by atoms with Gasteiger partial charge in [0.2, 0.25) is 0 Å². The van der Waals surface area contributed by atoms with Gasteiger partial charge < -0.3 is 9.16 Å². The number of ether oxygens (including phenoxy) is 1. The molecule has 2 saturated carbocycles. The second-order valence-electron chi connectivity index (χ2n) is 9.28. The van der Waals surface area contributed by atoms with Gasteiger partial charge in [-0.3, -0.25) is 4.79 Å². The summed E-state index contributed by atoms with van der Waals surface area (Å²) in [5.74, 6) is 1.75. The standard InChI is InChI=1S/C18H28O3Si/c1-17(2,3)22(4,5)20-10-18-12-7-6-11(8-12)13(18)9-14-15(21-14)16(18)19/h6-7,11-15H,8-10H2,1-5H3/t11-,12+,13-,14+,15+,18+/m1/s1. The smallest absolute Gasteiger partial charge is 0.192 e. The van der Waals surface area contributed by atoms with Crippen molar-refractivity contribution in [1.82, 2.24) is 0 Å². The molecule has 6 atom stereocenters. The highest BCUT2D eigenvalue weighted by Crippen LogP contribution is 2.64. The maximum absolute atomic E-state index is 13.1. The largest absolute Gasteiger partial charge is 0.416 e. The third-order valence-electron chi connectivity index (χ3n) is 7.22. The molecular formula is C18H28O3Si. The fraction of sp³-hybridized carbons (Fsp3) is 0.833. The van der Waals surface area contributed by atoms with Gasteiger partial charge in [-0.25, -0.2) is 0 Å². The normalized spacial score (nSPS) is 45.9. The minimum atomic E-state index is -1.84. The van der Waals surface area contributed by atoms with E-state index in [2.05, 4.69) is 46.0 Å². The molecule has 3 fully saturated rings. The fourth-order valence-corrected chi connectivity index (χ4v) is 5.72. The van der Waals surface area contributed by atoms with Crippen LogP contribution in [-0.2, 0) is 14.0 Å². The molecule has 4 rings (SSSR count). The Morgan fingerprint density at radius 3 is 2.73 bits per heavy atom. The van der Waals surface area contributed by atoms with Gasteiger partial charge in [-0.1, -0.05) is 32.9 Å². The average molecular weight is 321 g/mol. The minimum absolute atomic E-state index is 0.119. The summed E-state index contributed by atoms with van der Waals surface area (Å²) in [6.45, 7) is 12.0. The van der Waals surface area contributed by atoms with Crippen molar-refractivity contribution in [3.05, 3.63) is 12.2 Å². The van der Waals surface area contributed by atoms with E-state index in [4.69, 9.17) is 9.16 Å². The van der Waals surface area contributed by atoms with Crippen LogP contribution in [0, 0.1) is 23.2 Å². The summed E-state index contributed by atoms with van der Waals surface area (Å²) in [4.78, 5) is 13.1. The zero-order valence-corrected chi connectivity index (χ0v) is 15.4. The second-order valence-corrected chi connectivity index (χ2v) is 14.1. The van der Waals surface area contributed by atoms with E-state index >= 15 is 0 Å². The number of carbonyl (C=O) groups excluding carboxylic acids is 1. The molecule has 4 aliphatic rings. The summed E-state index contributed by atoms with van der Waals surface area (Å²) in [6.07, 6.45) is 6.94. The Balaban J connectivity index is 1.63. The first kappa shape index (κ1) is 15.1. The molecule has 0 aromatic carbocycles.